The molecule has 0 atom stereocenters. The fraction of sp³-hybridized carbons (Fsp3) is 0.778. The SMILES string of the molecule is CC(C)N(C)C(=O)C1(C#N)COC1. The smallest absolute Gasteiger partial charge is 0.247 e. The summed E-state index contributed by atoms with van der Waals surface area (Å²) in [5, 5.41) is 8.86. The van der Waals surface area contributed by atoms with E-state index in [1.165, 1.54) is 0 Å². The quantitative estimate of drug-likeness (QED) is 0.621. The Balaban J connectivity index is 2.72. The van der Waals surface area contributed by atoms with Crippen molar-refractivity contribution in [1.29, 1.82) is 5.26 Å². The number of amides is 1. The highest BCUT2D eigenvalue weighted by Gasteiger charge is 2.48. The molecule has 1 saturated heterocycles. The zero-order valence-corrected chi connectivity index (χ0v) is 8.20. The number of rotatable bonds is 2. The van der Waals surface area contributed by atoms with Gasteiger partial charge in [-0.15, -0.1) is 0 Å². The van der Waals surface area contributed by atoms with E-state index in [-0.39, 0.29) is 25.2 Å². The van der Waals surface area contributed by atoms with Crippen LogP contribution in [0.1, 0.15) is 13.8 Å². The number of carbonyl (C=O) groups is 1. The summed E-state index contributed by atoms with van der Waals surface area (Å²) in [7, 11) is 1.71. The molecule has 1 amide bonds. The third-order valence-corrected chi connectivity index (χ3v) is 2.42. The lowest BCUT2D eigenvalue weighted by atomic mass is 9.86. The molecular formula is C9H14N2O2. The van der Waals surface area contributed by atoms with Gasteiger partial charge in [0.15, 0.2) is 5.41 Å². The fourth-order valence-corrected chi connectivity index (χ4v) is 1.11. The van der Waals surface area contributed by atoms with Gasteiger partial charge in [-0.1, -0.05) is 0 Å². The van der Waals surface area contributed by atoms with Crippen LogP contribution in [0.3, 0.4) is 0 Å². The lowest BCUT2D eigenvalue weighted by Gasteiger charge is -2.37. The Labute approximate surface area is 78.1 Å². The molecular weight excluding hydrogens is 168 g/mol. The van der Waals surface area contributed by atoms with Crippen molar-refractivity contribution >= 4 is 5.91 Å². The number of ether oxygens (including phenoxy) is 1. The van der Waals surface area contributed by atoms with E-state index in [0.29, 0.717) is 0 Å². The maximum Gasteiger partial charge on any atom is 0.247 e. The predicted molar refractivity (Wildman–Crippen MR) is 46.8 cm³/mol. The molecule has 4 heteroatoms. The average Bonchev–Trinajstić information content (AvgIpc) is 2.01. The first-order chi connectivity index (χ1) is 6.03. The summed E-state index contributed by atoms with van der Waals surface area (Å²) in [6, 6.07) is 2.16. The van der Waals surface area contributed by atoms with E-state index >= 15 is 0 Å². The molecule has 0 aromatic rings. The van der Waals surface area contributed by atoms with Crippen molar-refractivity contribution in [2.75, 3.05) is 20.3 Å². The Morgan fingerprint density at radius 2 is 2.15 bits per heavy atom. The molecule has 1 heterocycles. The molecule has 0 saturated carbocycles. The zero-order valence-electron chi connectivity index (χ0n) is 8.20. The van der Waals surface area contributed by atoms with Crippen LogP contribution < -0.4 is 0 Å². The van der Waals surface area contributed by atoms with Crippen molar-refractivity contribution in [1.82, 2.24) is 4.90 Å². The van der Waals surface area contributed by atoms with Gasteiger partial charge in [0.05, 0.1) is 19.3 Å². The predicted octanol–water partition coefficient (Wildman–Crippen LogP) is 0.393. The summed E-state index contributed by atoms with van der Waals surface area (Å²) in [4.78, 5) is 13.3. The molecule has 0 N–H and O–H groups in total. The Morgan fingerprint density at radius 1 is 1.62 bits per heavy atom. The van der Waals surface area contributed by atoms with Gasteiger partial charge in [-0.3, -0.25) is 4.79 Å². The van der Waals surface area contributed by atoms with Crippen LogP contribution in [0, 0.1) is 16.7 Å². The zero-order chi connectivity index (χ0) is 10.1. The molecule has 0 unspecified atom stereocenters. The highest BCUT2D eigenvalue weighted by Crippen LogP contribution is 2.29. The topological polar surface area (TPSA) is 53.3 Å². The molecule has 13 heavy (non-hydrogen) atoms. The van der Waals surface area contributed by atoms with Crippen LogP contribution in [-0.2, 0) is 9.53 Å². The van der Waals surface area contributed by atoms with Crippen molar-refractivity contribution in [3.05, 3.63) is 0 Å². The summed E-state index contributed by atoms with van der Waals surface area (Å²) in [6.45, 7) is 4.31. The van der Waals surface area contributed by atoms with Crippen molar-refractivity contribution in [3.8, 4) is 6.07 Å². The molecule has 0 aromatic heterocycles. The van der Waals surface area contributed by atoms with Crippen LogP contribution in [0.4, 0.5) is 0 Å². The minimum Gasteiger partial charge on any atom is -0.377 e. The number of hydrogen-bond donors (Lipinski definition) is 0. The van der Waals surface area contributed by atoms with Gasteiger partial charge in [-0.05, 0) is 13.8 Å². The van der Waals surface area contributed by atoms with Gasteiger partial charge in [0, 0.05) is 13.1 Å². The number of nitrogens with zero attached hydrogens (tertiary/aromatic N) is 2. The van der Waals surface area contributed by atoms with E-state index in [1.807, 2.05) is 19.9 Å². The standard InChI is InChI=1S/C9H14N2O2/c1-7(2)11(3)8(12)9(4-10)5-13-6-9/h7H,5-6H2,1-3H3. The minimum absolute atomic E-state index is 0.123. The van der Waals surface area contributed by atoms with Gasteiger partial charge in [0.2, 0.25) is 5.91 Å². The average molecular weight is 182 g/mol. The van der Waals surface area contributed by atoms with Crippen LogP contribution in [0.5, 0.6) is 0 Å². The van der Waals surface area contributed by atoms with Crippen LogP contribution >= 0.6 is 0 Å². The number of carbonyl (C=O) groups excluding carboxylic acids is 1. The Hall–Kier alpha value is -1.08. The first-order valence-electron chi connectivity index (χ1n) is 4.30. The second kappa shape index (κ2) is 3.35. The van der Waals surface area contributed by atoms with Gasteiger partial charge in [-0.25, -0.2) is 0 Å². The molecule has 1 fully saturated rings. The van der Waals surface area contributed by atoms with E-state index in [4.69, 9.17) is 10.00 Å². The molecule has 0 bridgehead atoms. The fourth-order valence-electron chi connectivity index (χ4n) is 1.11. The summed E-state index contributed by atoms with van der Waals surface area (Å²) < 4.78 is 4.91. The second-order valence-corrected chi connectivity index (χ2v) is 3.70. The van der Waals surface area contributed by atoms with Crippen molar-refractivity contribution in [3.63, 3.8) is 0 Å². The highest BCUT2D eigenvalue weighted by atomic mass is 16.5. The first kappa shape index (κ1) is 10.0. The van der Waals surface area contributed by atoms with E-state index in [2.05, 4.69) is 0 Å². The Morgan fingerprint density at radius 3 is 2.38 bits per heavy atom. The Bertz CT molecular complexity index is 251. The number of hydrogen-bond acceptors (Lipinski definition) is 3. The van der Waals surface area contributed by atoms with E-state index in [1.54, 1.807) is 11.9 Å². The molecule has 4 nitrogen and oxygen atoms in total. The van der Waals surface area contributed by atoms with Gasteiger partial charge < -0.3 is 9.64 Å². The molecule has 0 spiro atoms. The Kier molecular flexibility index (Phi) is 2.58. The van der Waals surface area contributed by atoms with Gasteiger partial charge in [0.25, 0.3) is 0 Å². The normalized spacial score (nSPS) is 19.0. The second-order valence-electron chi connectivity index (χ2n) is 3.70. The molecule has 72 valence electrons. The number of nitriles is 1. The minimum atomic E-state index is -0.904. The maximum atomic E-state index is 11.7. The van der Waals surface area contributed by atoms with Crippen LogP contribution in [0.25, 0.3) is 0 Å². The van der Waals surface area contributed by atoms with Crippen molar-refractivity contribution in [2.24, 2.45) is 5.41 Å². The van der Waals surface area contributed by atoms with E-state index < -0.39 is 5.41 Å². The molecule has 1 aliphatic heterocycles. The summed E-state index contributed by atoms with van der Waals surface area (Å²) in [6.07, 6.45) is 0. The van der Waals surface area contributed by atoms with Crippen LogP contribution in [0.15, 0.2) is 0 Å². The highest BCUT2D eigenvalue weighted by molar-refractivity contribution is 5.86. The third-order valence-electron chi connectivity index (χ3n) is 2.42. The van der Waals surface area contributed by atoms with Gasteiger partial charge >= 0.3 is 0 Å². The van der Waals surface area contributed by atoms with Crippen molar-refractivity contribution in [2.45, 2.75) is 19.9 Å². The van der Waals surface area contributed by atoms with Crippen molar-refractivity contribution < 1.29 is 9.53 Å². The summed E-state index contributed by atoms with van der Waals surface area (Å²) in [5.74, 6) is -0.128. The van der Waals surface area contributed by atoms with Crippen LogP contribution in [-0.4, -0.2) is 37.1 Å². The van der Waals surface area contributed by atoms with Gasteiger partial charge in [-0.2, -0.15) is 5.26 Å². The summed E-state index contributed by atoms with van der Waals surface area (Å²) in [5.41, 5.74) is -0.904. The monoisotopic (exact) mass is 182 g/mol. The molecule has 0 radical (unpaired) electrons. The lowest BCUT2D eigenvalue weighted by molar-refractivity contribution is -0.161. The van der Waals surface area contributed by atoms with Crippen LogP contribution in [0.2, 0.25) is 0 Å². The summed E-state index contributed by atoms with van der Waals surface area (Å²) >= 11 is 0. The molecule has 0 aliphatic carbocycles. The van der Waals surface area contributed by atoms with E-state index in [0.717, 1.165) is 0 Å². The molecule has 0 aromatic carbocycles. The maximum absolute atomic E-state index is 11.7. The molecule has 1 aliphatic rings. The first-order valence-corrected chi connectivity index (χ1v) is 4.30. The molecule has 1 rings (SSSR count). The lowest BCUT2D eigenvalue weighted by Crippen LogP contribution is -2.54. The largest absolute Gasteiger partial charge is 0.377 e. The van der Waals surface area contributed by atoms with E-state index in [9.17, 15) is 4.79 Å². The third kappa shape index (κ3) is 1.52. The van der Waals surface area contributed by atoms with Gasteiger partial charge in [0.1, 0.15) is 0 Å².